The molecule has 0 saturated heterocycles. The molecule has 0 fully saturated rings. The van der Waals surface area contributed by atoms with E-state index in [1.807, 2.05) is 0 Å². The first kappa shape index (κ1) is 13.9. The molecule has 6 heteroatoms. The van der Waals surface area contributed by atoms with Gasteiger partial charge in [0.2, 0.25) is 0 Å². The smallest absolute Gasteiger partial charge is 0.330 e. The minimum Gasteiger partial charge on any atom is -0.478 e. The highest BCUT2D eigenvalue weighted by Gasteiger charge is 1.90. The lowest BCUT2D eigenvalue weighted by Gasteiger charge is -1.86. The van der Waals surface area contributed by atoms with Crippen LogP contribution in [0.25, 0.3) is 0 Å². The Morgan fingerprint density at radius 3 is 2.00 bits per heavy atom. The van der Waals surface area contributed by atoms with Gasteiger partial charge in [-0.15, -0.1) is 0 Å². The molecule has 0 radical (unpaired) electrons. The largest absolute Gasteiger partial charge is 0.478 e. The second kappa shape index (κ2) is 8.46. The quantitative estimate of drug-likeness (QED) is 0.520. The molecule has 0 aromatic rings. The molecule has 0 rings (SSSR count). The molecule has 0 bridgehead atoms. The summed E-state index contributed by atoms with van der Waals surface area (Å²) in [6, 6.07) is 0. The van der Waals surface area contributed by atoms with Crippen LogP contribution in [0, 0.1) is 0 Å². The van der Waals surface area contributed by atoms with Crippen LogP contribution in [0.15, 0.2) is 12.2 Å². The predicted octanol–water partition coefficient (Wildman–Crippen LogP) is 1.05. The van der Waals surface area contributed by atoms with Gasteiger partial charge in [-0.3, -0.25) is 4.57 Å². The standard InChI is InChI=1S/C4H6O2.C2H7O3P/c1-3(2)4(5)6;1-2-5-6(3)4/h1H2,2H3,(H,5,6);6H,2H2,1H3,(H,3,4). The Bertz CT molecular complexity index is 165. The van der Waals surface area contributed by atoms with E-state index in [1.165, 1.54) is 6.92 Å². The summed E-state index contributed by atoms with van der Waals surface area (Å²) in [7, 11) is -2.64. The zero-order chi connectivity index (χ0) is 10.1. The average Bonchev–Trinajstić information content (AvgIpc) is 1.87. The molecular weight excluding hydrogens is 183 g/mol. The molecule has 1 atom stereocenters. The van der Waals surface area contributed by atoms with E-state index in [0.29, 0.717) is 6.61 Å². The predicted molar refractivity (Wildman–Crippen MR) is 45.3 cm³/mol. The first-order valence-corrected chi connectivity index (χ1v) is 4.42. The third kappa shape index (κ3) is 16.2. The molecule has 12 heavy (non-hydrogen) atoms. The van der Waals surface area contributed by atoms with E-state index in [4.69, 9.17) is 10.00 Å². The van der Waals surface area contributed by atoms with Crippen molar-refractivity contribution in [3.8, 4) is 0 Å². The molecule has 5 nitrogen and oxygen atoms in total. The first-order valence-electron chi connectivity index (χ1n) is 3.16. The highest BCUT2D eigenvalue weighted by molar-refractivity contribution is 7.32. The van der Waals surface area contributed by atoms with Crippen molar-refractivity contribution in [1.82, 2.24) is 0 Å². The van der Waals surface area contributed by atoms with Crippen LogP contribution in [-0.2, 0) is 13.9 Å². The third-order valence-corrected chi connectivity index (χ3v) is 1.17. The van der Waals surface area contributed by atoms with Gasteiger partial charge in [0, 0.05) is 5.57 Å². The first-order chi connectivity index (χ1) is 5.41. The van der Waals surface area contributed by atoms with Gasteiger partial charge in [0.05, 0.1) is 6.61 Å². The maximum Gasteiger partial charge on any atom is 0.330 e. The minimum atomic E-state index is -2.64. The zero-order valence-electron chi connectivity index (χ0n) is 7.03. The normalized spacial score (nSPS) is 10.9. The summed E-state index contributed by atoms with van der Waals surface area (Å²) >= 11 is 0. The third-order valence-electron chi connectivity index (χ3n) is 0.633. The molecule has 0 amide bonds. The van der Waals surface area contributed by atoms with Crippen LogP contribution in [0.3, 0.4) is 0 Å². The van der Waals surface area contributed by atoms with E-state index in [2.05, 4.69) is 11.1 Å². The van der Waals surface area contributed by atoms with Crippen LogP contribution in [0.1, 0.15) is 13.8 Å². The van der Waals surface area contributed by atoms with Crippen LogP contribution >= 0.6 is 8.25 Å². The number of carboxylic acids is 1. The van der Waals surface area contributed by atoms with Crippen molar-refractivity contribution in [3.05, 3.63) is 12.2 Å². The van der Waals surface area contributed by atoms with Crippen molar-refractivity contribution < 1.29 is 23.9 Å². The molecule has 0 spiro atoms. The van der Waals surface area contributed by atoms with Gasteiger partial charge in [-0.2, -0.15) is 0 Å². The summed E-state index contributed by atoms with van der Waals surface area (Å²) in [5, 5.41) is 7.89. The monoisotopic (exact) mass is 196 g/mol. The number of hydrogen-bond donors (Lipinski definition) is 2. The lowest BCUT2D eigenvalue weighted by molar-refractivity contribution is -0.132. The van der Waals surface area contributed by atoms with Crippen LogP contribution in [0.4, 0.5) is 0 Å². The summed E-state index contributed by atoms with van der Waals surface area (Å²) < 4.78 is 13.7. The molecule has 0 heterocycles. The number of carboxylic acid groups (broad SMARTS) is 1. The molecule has 72 valence electrons. The highest BCUT2D eigenvalue weighted by atomic mass is 31.1. The summed E-state index contributed by atoms with van der Waals surface area (Å²) in [5.41, 5.74) is 0.176. The fourth-order valence-electron chi connectivity index (χ4n) is 0.123. The lowest BCUT2D eigenvalue weighted by Crippen LogP contribution is -1.92. The van der Waals surface area contributed by atoms with Gasteiger partial charge in [-0.1, -0.05) is 6.58 Å². The Balaban J connectivity index is 0. The minimum absolute atomic E-state index is 0.176. The molecule has 2 N–H and O–H groups in total. The van der Waals surface area contributed by atoms with Gasteiger partial charge in [-0.05, 0) is 13.8 Å². The fourth-order valence-corrected chi connectivity index (χ4v) is 0.370. The second-order valence-corrected chi connectivity index (χ2v) is 2.60. The van der Waals surface area contributed by atoms with Crippen molar-refractivity contribution in [2.45, 2.75) is 13.8 Å². The second-order valence-electron chi connectivity index (χ2n) is 1.78. The van der Waals surface area contributed by atoms with Crippen molar-refractivity contribution >= 4 is 14.2 Å². The van der Waals surface area contributed by atoms with Crippen molar-refractivity contribution in [3.63, 3.8) is 0 Å². The summed E-state index contributed by atoms with van der Waals surface area (Å²) in [4.78, 5) is 17.5. The Kier molecular flexibility index (Phi) is 9.81. The molecule has 0 aromatic heterocycles. The summed E-state index contributed by atoms with van der Waals surface area (Å²) in [6.07, 6.45) is 0. The molecular formula is C6H13O5P. The Hall–Kier alpha value is -0.640. The van der Waals surface area contributed by atoms with E-state index in [9.17, 15) is 9.36 Å². The Labute approximate surface area is 71.6 Å². The van der Waals surface area contributed by atoms with Gasteiger partial charge < -0.3 is 14.5 Å². The molecule has 0 saturated carbocycles. The van der Waals surface area contributed by atoms with Crippen LogP contribution in [0.2, 0.25) is 0 Å². The molecule has 0 aliphatic carbocycles. The van der Waals surface area contributed by atoms with Crippen molar-refractivity contribution in [2.24, 2.45) is 0 Å². The fraction of sp³-hybridized carbons (Fsp3) is 0.500. The summed E-state index contributed by atoms with van der Waals surface area (Å²) in [6.45, 7) is 6.58. The maximum atomic E-state index is 9.60. The highest BCUT2D eigenvalue weighted by Crippen LogP contribution is 2.12. The Morgan fingerprint density at radius 2 is 2.00 bits per heavy atom. The summed E-state index contributed by atoms with van der Waals surface area (Å²) in [5.74, 6) is -0.935. The van der Waals surface area contributed by atoms with Gasteiger partial charge in [-0.25, -0.2) is 4.79 Å². The Morgan fingerprint density at radius 1 is 1.67 bits per heavy atom. The topological polar surface area (TPSA) is 83.8 Å². The average molecular weight is 196 g/mol. The molecule has 0 aromatic carbocycles. The van der Waals surface area contributed by atoms with Crippen molar-refractivity contribution in [2.75, 3.05) is 6.61 Å². The van der Waals surface area contributed by atoms with Crippen LogP contribution < -0.4 is 0 Å². The van der Waals surface area contributed by atoms with Crippen molar-refractivity contribution in [1.29, 1.82) is 0 Å². The van der Waals surface area contributed by atoms with Crippen LogP contribution in [0.5, 0.6) is 0 Å². The van der Waals surface area contributed by atoms with E-state index >= 15 is 0 Å². The molecule has 1 unspecified atom stereocenters. The number of hydrogen-bond acceptors (Lipinski definition) is 3. The van der Waals surface area contributed by atoms with Gasteiger partial charge in [0.25, 0.3) is 0 Å². The van der Waals surface area contributed by atoms with E-state index in [1.54, 1.807) is 6.92 Å². The van der Waals surface area contributed by atoms with Crippen LogP contribution in [-0.4, -0.2) is 22.6 Å². The lowest BCUT2D eigenvalue weighted by atomic mass is 10.4. The number of aliphatic carboxylic acids is 1. The molecule has 0 aliphatic heterocycles. The number of carbonyl (C=O) groups is 1. The molecule has 0 aliphatic rings. The maximum absolute atomic E-state index is 9.60. The SMILES string of the molecule is C=C(C)C(=O)O.CCO[PH](=O)O. The zero-order valence-corrected chi connectivity index (χ0v) is 8.03. The van der Waals surface area contributed by atoms with Gasteiger partial charge in [0.15, 0.2) is 0 Å². The van der Waals surface area contributed by atoms with Gasteiger partial charge in [0.1, 0.15) is 0 Å². The number of rotatable bonds is 3. The van der Waals surface area contributed by atoms with E-state index in [-0.39, 0.29) is 5.57 Å². The van der Waals surface area contributed by atoms with Gasteiger partial charge >= 0.3 is 14.2 Å². The van der Waals surface area contributed by atoms with E-state index in [0.717, 1.165) is 0 Å². The van der Waals surface area contributed by atoms with E-state index < -0.39 is 14.2 Å².